The number of nitrogens with zero attached hydrogens (tertiary/aromatic N) is 1. The molecule has 0 radical (unpaired) electrons. The third-order valence-corrected chi connectivity index (χ3v) is 3.01. The number of rotatable bonds is 4. The lowest BCUT2D eigenvalue weighted by Crippen LogP contribution is -2.13. The monoisotopic (exact) mass is 256 g/mol. The molecule has 0 saturated heterocycles. The maximum atomic E-state index is 6.32. The van der Waals surface area contributed by atoms with E-state index < -0.39 is 0 Å². The summed E-state index contributed by atoms with van der Waals surface area (Å²) in [6.45, 7) is 6.75. The minimum absolute atomic E-state index is 0.175. The van der Waals surface area contributed by atoms with Gasteiger partial charge in [0.25, 0.3) is 0 Å². The molecule has 1 aromatic heterocycles. The molecule has 2 rings (SSSR count). The Morgan fingerprint density at radius 3 is 2.37 bits per heavy atom. The highest BCUT2D eigenvalue weighted by Gasteiger charge is 2.11. The summed E-state index contributed by atoms with van der Waals surface area (Å²) in [4.78, 5) is 4.19. The van der Waals surface area contributed by atoms with E-state index in [-0.39, 0.29) is 6.04 Å². The smallest absolute Gasteiger partial charge is 0.137 e. The van der Waals surface area contributed by atoms with Crippen molar-refractivity contribution in [3.63, 3.8) is 0 Å². The van der Waals surface area contributed by atoms with Crippen LogP contribution in [-0.2, 0) is 0 Å². The fourth-order valence-corrected chi connectivity index (χ4v) is 2.23. The molecule has 0 fully saturated rings. The van der Waals surface area contributed by atoms with E-state index in [1.807, 2.05) is 13.0 Å². The zero-order valence-electron chi connectivity index (χ0n) is 11.7. The van der Waals surface area contributed by atoms with Gasteiger partial charge in [0.1, 0.15) is 5.75 Å². The summed E-state index contributed by atoms with van der Waals surface area (Å²) in [5.74, 6) is 0.764. The van der Waals surface area contributed by atoms with E-state index in [1.54, 1.807) is 12.4 Å². The lowest BCUT2D eigenvalue weighted by atomic mass is 9.97. The number of aryl methyl sites for hydroxylation is 2. The van der Waals surface area contributed by atoms with Crippen molar-refractivity contribution < 1.29 is 4.74 Å². The van der Waals surface area contributed by atoms with Crippen LogP contribution in [0.1, 0.15) is 35.2 Å². The van der Waals surface area contributed by atoms with Crippen molar-refractivity contribution in [1.29, 1.82) is 0 Å². The van der Waals surface area contributed by atoms with Gasteiger partial charge in [-0.3, -0.25) is 4.98 Å². The predicted octanol–water partition coefficient (Wildman–Crippen LogP) is 3.15. The van der Waals surface area contributed by atoms with E-state index in [2.05, 4.69) is 37.0 Å². The van der Waals surface area contributed by atoms with Gasteiger partial charge in [-0.05, 0) is 38.0 Å². The molecular formula is C16H20N2O. The van der Waals surface area contributed by atoms with Crippen molar-refractivity contribution in [2.45, 2.75) is 26.8 Å². The first-order valence-electron chi connectivity index (χ1n) is 6.51. The summed E-state index contributed by atoms with van der Waals surface area (Å²) < 4.78 is 5.46. The largest absolute Gasteiger partial charge is 0.492 e. The second-order valence-electron chi connectivity index (χ2n) is 4.79. The van der Waals surface area contributed by atoms with Gasteiger partial charge in [0.2, 0.25) is 0 Å². The molecule has 2 N–H and O–H groups in total. The van der Waals surface area contributed by atoms with Gasteiger partial charge in [0, 0.05) is 6.20 Å². The Balaban J connectivity index is 2.32. The molecule has 2 aromatic rings. The second kappa shape index (κ2) is 5.85. The zero-order chi connectivity index (χ0) is 13.8. The number of benzene rings is 1. The fraction of sp³-hybridized carbons (Fsp3) is 0.312. The second-order valence-corrected chi connectivity index (χ2v) is 4.79. The van der Waals surface area contributed by atoms with Gasteiger partial charge in [-0.25, -0.2) is 0 Å². The van der Waals surface area contributed by atoms with E-state index in [4.69, 9.17) is 10.5 Å². The average Bonchev–Trinajstić information content (AvgIpc) is 2.37. The topological polar surface area (TPSA) is 48.1 Å². The number of nitrogens with two attached hydrogens (primary N) is 1. The first-order valence-corrected chi connectivity index (χ1v) is 6.51. The Hall–Kier alpha value is -1.87. The van der Waals surface area contributed by atoms with Crippen LogP contribution in [0, 0.1) is 13.8 Å². The SMILES string of the molecule is CCOc1cncc(C(N)c2cc(C)cc(C)c2)c1. The van der Waals surface area contributed by atoms with Crippen molar-refractivity contribution in [3.8, 4) is 5.75 Å². The third kappa shape index (κ3) is 3.32. The molecule has 0 amide bonds. The van der Waals surface area contributed by atoms with Crippen LogP contribution in [0.25, 0.3) is 0 Å². The highest BCUT2D eigenvalue weighted by molar-refractivity contribution is 5.37. The van der Waals surface area contributed by atoms with Crippen molar-refractivity contribution in [3.05, 3.63) is 58.9 Å². The average molecular weight is 256 g/mol. The van der Waals surface area contributed by atoms with E-state index in [9.17, 15) is 0 Å². The third-order valence-electron chi connectivity index (χ3n) is 3.01. The molecule has 0 bridgehead atoms. The van der Waals surface area contributed by atoms with Crippen molar-refractivity contribution in [2.24, 2.45) is 5.73 Å². The molecule has 0 aliphatic heterocycles. The molecular weight excluding hydrogens is 236 g/mol. The number of hydrogen-bond donors (Lipinski definition) is 1. The Morgan fingerprint density at radius 2 is 1.74 bits per heavy atom. The number of aromatic nitrogens is 1. The van der Waals surface area contributed by atoms with Gasteiger partial charge in [-0.2, -0.15) is 0 Å². The van der Waals surface area contributed by atoms with Gasteiger partial charge in [0.15, 0.2) is 0 Å². The Bertz CT molecular complexity index is 546. The number of pyridine rings is 1. The van der Waals surface area contributed by atoms with Crippen LogP contribution in [0.2, 0.25) is 0 Å². The van der Waals surface area contributed by atoms with E-state index in [0.29, 0.717) is 6.61 Å². The van der Waals surface area contributed by atoms with E-state index in [0.717, 1.165) is 16.9 Å². The van der Waals surface area contributed by atoms with Crippen LogP contribution < -0.4 is 10.5 Å². The highest BCUT2D eigenvalue weighted by atomic mass is 16.5. The minimum atomic E-state index is -0.175. The zero-order valence-corrected chi connectivity index (χ0v) is 11.7. The lowest BCUT2D eigenvalue weighted by molar-refractivity contribution is 0.338. The molecule has 1 atom stereocenters. The molecule has 1 heterocycles. The van der Waals surface area contributed by atoms with Crippen LogP contribution in [-0.4, -0.2) is 11.6 Å². The maximum Gasteiger partial charge on any atom is 0.137 e. The normalized spacial score (nSPS) is 12.2. The molecule has 1 unspecified atom stereocenters. The summed E-state index contributed by atoms with van der Waals surface area (Å²) in [5.41, 5.74) is 10.8. The molecule has 0 aliphatic rings. The molecule has 3 nitrogen and oxygen atoms in total. The van der Waals surface area contributed by atoms with Crippen LogP contribution in [0.15, 0.2) is 36.7 Å². The van der Waals surface area contributed by atoms with Gasteiger partial charge >= 0.3 is 0 Å². The fourth-order valence-electron chi connectivity index (χ4n) is 2.23. The highest BCUT2D eigenvalue weighted by Crippen LogP contribution is 2.23. The molecule has 3 heteroatoms. The van der Waals surface area contributed by atoms with E-state index in [1.165, 1.54) is 11.1 Å². The summed E-state index contributed by atoms with van der Waals surface area (Å²) in [5, 5.41) is 0. The first-order chi connectivity index (χ1) is 9.10. The van der Waals surface area contributed by atoms with Gasteiger partial charge in [0.05, 0.1) is 18.8 Å². The summed E-state index contributed by atoms with van der Waals surface area (Å²) >= 11 is 0. The lowest BCUT2D eigenvalue weighted by Gasteiger charge is -2.15. The summed E-state index contributed by atoms with van der Waals surface area (Å²) in [6, 6.07) is 8.16. The quantitative estimate of drug-likeness (QED) is 0.914. The van der Waals surface area contributed by atoms with Crippen LogP contribution in [0.5, 0.6) is 5.75 Å². The number of ether oxygens (including phenoxy) is 1. The van der Waals surface area contributed by atoms with Crippen LogP contribution >= 0.6 is 0 Å². The van der Waals surface area contributed by atoms with Crippen LogP contribution in [0.4, 0.5) is 0 Å². The Kier molecular flexibility index (Phi) is 4.17. The maximum absolute atomic E-state index is 6.32. The molecule has 19 heavy (non-hydrogen) atoms. The predicted molar refractivity (Wildman–Crippen MR) is 77.4 cm³/mol. The van der Waals surface area contributed by atoms with Crippen molar-refractivity contribution in [1.82, 2.24) is 4.98 Å². The standard InChI is InChI=1S/C16H20N2O/c1-4-19-15-8-14(9-18-10-15)16(17)13-6-11(2)5-12(3)7-13/h5-10,16H,4,17H2,1-3H3. The summed E-state index contributed by atoms with van der Waals surface area (Å²) in [6.07, 6.45) is 3.51. The van der Waals surface area contributed by atoms with Crippen molar-refractivity contribution in [2.75, 3.05) is 6.61 Å². The first kappa shape index (κ1) is 13.6. The molecule has 0 aliphatic carbocycles. The summed E-state index contributed by atoms with van der Waals surface area (Å²) in [7, 11) is 0. The van der Waals surface area contributed by atoms with Crippen LogP contribution in [0.3, 0.4) is 0 Å². The number of hydrogen-bond acceptors (Lipinski definition) is 3. The van der Waals surface area contributed by atoms with Gasteiger partial charge in [-0.15, -0.1) is 0 Å². The molecule has 100 valence electrons. The minimum Gasteiger partial charge on any atom is -0.492 e. The van der Waals surface area contributed by atoms with Gasteiger partial charge in [-0.1, -0.05) is 29.3 Å². The Labute approximate surface area is 114 Å². The molecule has 1 aromatic carbocycles. The molecule has 0 spiro atoms. The van der Waals surface area contributed by atoms with E-state index >= 15 is 0 Å². The molecule has 0 saturated carbocycles. The Morgan fingerprint density at radius 1 is 1.05 bits per heavy atom. The van der Waals surface area contributed by atoms with Crippen molar-refractivity contribution >= 4 is 0 Å². The van der Waals surface area contributed by atoms with Gasteiger partial charge < -0.3 is 10.5 Å².